The quantitative estimate of drug-likeness (QED) is 0.759. The van der Waals surface area contributed by atoms with Gasteiger partial charge in [0.05, 0.1) is 23.4 Å². The number of aliphatic hydroxyl groups excluding tert-OH is 1. The molecule has 5 heteroatoms. The van der Waals surface area contributed by atoms with Crippen molar-refractivity contribution < 1.29 is 14.3 Å². The topological polar surface area (TPSA) is 75.4 Å². The van der Waals surface area contributed by atoms with Crippen molar-refractivity contribution in [1.29, 1.82) is 0 Å². The summed E-state index contributed by atoms with van der Waals surface area (Å²) < 4.78 is 5.39. The first-order chi connectivity index (χ1) is 11.1. The number of benzene rings is 1. The fraction of sp³-hybridized carbons (Fsp3) is 0.222. The summed E-state index contributed by atoms with van der Waals surface area (Å²) in [7, 11) is 0. The maximum Gasteiger partial charge on any atom is 0.252 e. The fourth-order valence-electron chi connectivity index (χ4n) is 2.40. The molecule has 0 saturated heterocycles. The van der Waals surface area contributed by atoms with E-state index in [1.54, 1.807) is 25.3 Å². The number of carbonyl (C=O) groups is 1. The smallest absolute Gasteiger partial charge is 0.252 e. The van der Waals surface area contributed by atoms with Crippen LogP contribution in [0.25, 0.3) is 22.4 Å². The standard InChI is InChI=1S/C18H18N2O3/c1-12(21)8-9-19-18(22)14-11-16(17-7-4-10-23-17)20-15-6-3-2-5-13(14)15/h2-7,10-12,21H,8-9H2,1H3,(H,19,22). The van der Waals surface area contributed by atoms with Crippen LogP contribution in [0.4, 0.5) is 0 Å². The Morgan fingerprint density at radius 3 is 2.87 bits per heavy atom. The SMILES string of the molecule is CC(O)CCNC(=O)c1cc(-c2ccco2)nc2ccccc12. The van der Waals surface area contributed by atoms with Crippen LogP contribution in [0.5, 0.6) is 0 Å². The highest BCUT2D eigenvalue weighted by atomic mass is 16.3. The number of fused-ring (bicyclic) bond motifs is 1. The highest BCUT2D eigenvalue weighted by Crippen LogP contribution is 2.25. The number of rotatable bonds is 5. The monoisotopic (exact) mass is 310 g/mol. The summed E-state index contributed by atoms with van der Waals surface area (Å²) in [6.07, 6.45) is 1.65. The summed E-state index contributed by atoms with van der Waals surface area (Å²) in [4.78, 5) is 17.1. The molecule has 0 bridgehead atoms. The van der Waals surface area contributed by atoms with Crippen molar-refractivity contribution in [3.05, 3.63) is 54.3 Å². The van der Waals surface area contributed by atoms with Crippen LogP contribution >= 0.6 is 0 Å². The zero-order valence-electron chi connectivity index (χ0n) is 12.8. The fourth-order valence-corrected chi connectivity index (χ4v) is 2.40. The van der Waals surface area contributed by atoms with Gasteiger partial charge in [-0.3, -0.25) is 4.79 Å². The van der Waals surface area contributed by atoms with Crippen molar-refractivity contribution in [2.24, 2.45) is 0 Å². The number of para-hydroxylation sites is 1. The van der Waals surface area contributed by atoms with Crippen molar-refractivity contribution in [1.82, 2.24) is 10.3 Å². The Morgan fingerprint density at radius 1 is 1.30 bits per heavy atom. The number of hydrogen-bond donors (Lipinski definition) is 2. The Labute approximate surface area is 134 Å². The highest BCUT2D eigenvalue weighted by molar-refractivity contribution is 6.07. The van der Waals surface area contributed by atoms with Crippen molar-refractivity contribution in [3.8, 4) is 11.5 Å². The Balaban J connectivity index is 1.98. The Hall–Kier alpha value is -2.66. The van der Waals surface area contributed by atoms with Crippen molar-refractivity contribution in [2.45, 2.75) is 19.4 Å². The van der Waals surface area contributed by atoms with Gasteiger partial charge in [0.2, 0.25) is 0 Å². The first-order valence-electron chi connectivity index (χ1n) is 7.55. The van der Waals surface area contributed by atoms with Crippen LogP contribution in [0.2, 0.25) is 0 Å². The van der Waals surface area contributed by atoms with Crippen LogP contribution in [0.3, 0.4) is 0 Å². The van der Waals surface area contributed by atoms with Gasteiger partial charge in [-0.25, -0.2) is 4.98 Å². The summed E-state index contributed by atoms with van der Waals surface area (Å²) in [6.45, 7) is 2.12. The zero-order valence-corrected chi connectivity index (χ0v) is 12.8. The van der Waals surface area contributed by atoms with E-state index < -0.39 is 6.10 Å². The second kappa shape index (κ2) is 6.62. The van der Waals surface area contributed by atoms with E-state index >= 15 is 0 Å². The maximum atomic E-state index is 12.5. The summed E-state index contributed by atoms with van der Waals surface area (Å²) in [5.41, 5.74) is 1.91. The second-order valence-corrected chi connectivity index (χ2v) is 5.44. The number of nitrogens with one attached hydrogen (secondary N) is 1. The van der Waals surface area contributed by atoms with Crippen LogP contribution in [-0.4, -0.2) is 28.6 Å². The number of hydrogen-bond acceptors (Lipinski definition) is 4. The average Bonchev–Trinajstić information content (AvgIpc) is 3.07. The molecule has 0 saturated carbocycles. The predicted octanol–water partition coefficient (Wildman–Crippen LogP) is 3.00. The third kappa shape index (κ3) is 3.40. The second-order valence-electron chi connectivity index (χ2n) is 5.44. The van der Waals surface area contributed by atoms with E-state index in [2.05, 4.69) is 10.3 Å². The van der Waals surface area contributed by atoms with E-state index in [1.807, 2.05) is 30.3 Å². The molecule has 0 radical (unpaired) electrons. The first-order valence-corrected chi connectivity index (χ1v) is 7.55. The molecule has 2 aromatic heterocycles. The van der Waals surface area contributed by atoms with E-state index in [9.17, 15) is 9.90 Å². The molecule has 2 heterocycles. The molecule has 3 aromatic rings. The number of pyridine rings is 1. The van der Waals surface area contributed by atoms with Gasteiger partial charge in [-0.2, -0.15) is 0 Å². The lowest BCUT2D eigenvalue weighted by Crippen LogP contribution is -2.26. The average molecular weight is 310 g/mol. The number of furan rings is 1. The number of aromatic nitrogens is 1. The van der Waals surface area contributed by atoms with Crippen LogP contribution in [0.15, 0.2) is 53.1 Å². The number of aliphatic hydroxyl groups is 1. The summed E-state index contributed by atoms with van der Waals surface area (Å²) in [5.74, 6) is 0.436. The molecule has 1 amide bonds. The van der Waals surface area contributed by atoms with E-state index in [0.29, 0.717) is 30.0 Å². The van der Waals surface area contributed by atoms with E-state index in [1.165, 1.54) is 0 Å². The van der Waals surface area contributed by atoms with E-state index in [0.717, 1.165) is 10.9 Å². The molecule has 0 spiro atoms. The minimum absolute atomic E-state index is 0.183. The predicted molar refractivity (Wildman–Crippen MR) is 88.1 cm³/mol. The van der Waals surface area contributed by atoms with Crippen LogP contribution in [0.1, 0.15) is 23.7 Å². The lowest BCUT2D eigenvalue weighted by atomic mass is 10.1. The molecule has 0 aliphatic heterocycles. The molecule has 23 heavy (non-hydrogen) atoms. The van der Waals surface area contributed by atoms with Gasteiger partial charge in [0, 0.05) is 11.9 Å². The number of nitrogens with zero attached hydrogens (tertiary/aromatic N) is 1. The van der Waals surface area contributed by atoms with Gasteiger partial charge in [-0.15, -0.1) is 0 Å². The summed E-state index contributed by atoms with van der Waals surface area (Å²) in [6, 6.07) is 12.8. The van der Waals surface area contributed by atoms with E-state index in [4.69, 9.17) is 4.42 Å². The van der Waals surface area contributed by atoms with Gasteiger partial charge in [0.25, 0.3) is 5.91 Å². The van der Waals surface area contributed by atoms with Gasteiger partial charge in [-0.1, -0.05) is 18.2 Å². The minimum atomic E-state index is -0.442. The van der Waals surface area contributed by atoms with Gasteiger partial charge >= 0.3 is 0 Å². The number of carbonyl (C=O) groups excluding carboxylic acids is 1. The summed E-state index contributed by atoms with van der Waals surface area (Å²) >= 11 is 0. The normalized spacial score (nSPS) is 12.3. The van der Waals surface area contributed by atoms with Gasteiger partial charge < -0.3 is 14.8 Å². The molecule has 1 unspecified atom stereocenters. The van der Waals surface area contributed by atoms with Gasteiger partial charge in [0.15, 0.2) is 5.76 Å². The zero-order chi connectivity index (χ0) is 16.2. The Bertz CT molecular complexity index is 810. The van der Waals surface area contributed by atoms with Crippen molar-refractivity contribution in [2.75, 3.05) is 6.54 Å². The molecule has 2 N–H and O–H groups in total. The Morgan fingerprint density at radius 2 is 2.13 bits per heavy atom. The lowest BCUT2D eigenvalue weighted by molar-refractivity contribution is 0.0947. The van der Waals surface area contributed by atoms with E-state index in [-0.39, 0.29) is 5.91 Å². The molecule has 3 rings (SSSR count). The Kier molecular flexibility index (Phi) is 4.39. The van der Waals surface area contributed by atoms with Crippen LogP contribution in [0, 0.1) is 0 Å². The van der Waals surface area contributed by atoms with Gasteiger partial charge in [0.1, 0.15) is 5.69 Å². The third-order valence-corrected chi connectivity index (χ3v) is 3.58. The molecule has 1 atom stereocenters. The van der Waals surface area contributed by atoms with Crippen molar-refractivity contribution in [3.63, 3.8) is 0 Å². The molecule has 0 fully saturated rings. The summed E-state index contributed by atoms with van der Waals surface area (Å²) in [5, 5.41) is 12.9. The molecule has 1 aromatic carbocycles. The van der Waals surface area contributed by atoms with Crippen molar-refractivity contribution >= 4 is 16.8 Å². The third-order valence-electron chi connectivity index (χ3n) is 3.58. The van der Waals surface area contributed by atoms with Crippen LogP contribution in [-0.2, 0) is 0 Å². The molecular formula is C18H18N2O3. The molecule has 5 nitrogen and oxygen atoms in total. The molecule has 0 aliphatic rings. The largest absolute Gasteiger partial charge is 0.463 e. The molecule has 0 aliphatic carbocycles. The number of amides is 1. The maximum absolute atomic E-state index is 12.5. The first kappa shape index (κ1) is 15.2. The highest BCUT2D eigenvalue weighted by Gasteiger charge is 2.14. The lowest BCUT2D eigenvalue weighted by Gasteiger charge is -2.10. The molecular weight excluding hydrogens is 292 g/mol. The van der Waals surface area contributed by atoms with Gasteiger partial charge in [-0.05, 0) is 37.6 Å². The minimum Gasteiger partial charge on any atom is -0.463 e. The molecule has 118 valence electrons. The van der Waals surface area contributed by atoms with Crippen LogP contribution < -0.4 is 5.32 Å².